The molecule has 78 valence electrons. The highest BCUT2D eigenvalue weighted by Gasteiger charge is 2.02. The van der Waals surface area contributed by atoms with E-state index in [1.54, 1.807) is 6.07 Å². The highest BCUT2D eigenvalue weighted by Crippen LogP contribution is 2.17. The third-order valence-electron chi connectivity index (χ3n) is 1.84. The van der Waals surface area contributed by atoms with E-state index in [4.69, 9.17) is 4.74 Å². The number of hydrogen-bond donors (Lipinski definition) is 0. The van der Waals surface area contributed by atoms with Crippen LogP contribution >= 0.6 is 0 Å². The molecule has 1 unspecified atom stereocenters. The van der Waals surface area contributed by atoms with Gasteiger partial charge in [0.1, 0.15) is 5.75 Å². The van der Waals surface area contributed by atoms with Gasteiger partial charge in [0.05, 0.1) is 0 Å². The van der Waals surface area contributed by atoms with Gasteiger partial charge >= 0.3 is 0 Å². The Bertz CT molecular complexity index is 256. The van der Waals surface area contributed by atoms with E-state index in [1.165, 1.54) is 12.5 Å². The number of hydrogen-bond acceptors (Lipinski definition) is 1. The van der Waals surface area contributed by atoms with Crippen molar-refractivity contribution < 1.29 is 9.13 Å². The van der Waals surface area contributed by atoms with Crippen LogP contribution in [0.4, 0.5) is 4.39 Å². The topological polar surface area (TPSA) is 9.23 Å². The zero-order chi connectivity index (χ0) is 10.6. The minimum Gasteiger partial charge on any atom is -0.461 e. The van der Waals surface area contributed by atoms with E-state index >= 15 is 0 Å². The minimum absolute atomic E-state index is 0.605. The van der Waals surface area contributed by atoms with Crippen LogP contribution < -0.4 is 4.74 Å². The van der Waals surface area contributed by atoms with Crippen LogP contribution in [0.15, 0.2) is 24.3 Å². The maximum absolute atomic E-state index is 12.6. The molecule has 0 aliphatic heterocycles. The van der Waals surface area contributed by atoms with E-state index in [0.717, 1.165) is 6.42 Å². The van der Waals surface area contributed by atoms with Crippen molar-refractivity contribution >= 4 is 0 Å². The highest BCUT2D eigenvalue weighted by molar-refractivity contribution is 5.28. The van der Waals surface area contributed by atoms with Crippen molar-refractivity contribution in [3.05, 3.63) is 29.8 Å². The molecule has 1 aromatic rings. The summed E-state index contributed by atoms with van der Waals surface area (Å²) in [4.78, 5) is 0. The maximum atomic E-state index is 12.6. The number of ether oxygens (including phenoxy) is 1. The fourth-order valence-corrected chi connectivity index (χ4v) is 1.40. The number of alkyl halides is 1. The van der Waals surface area contributed by atoms with E-state index < -0.39 is 6.36 Å². The van der Waals surface area contributed by atoms with E-state index in [2.05, 4.69) is 13.8 Å². The molecular formula is C12H17FO. The Balaban J connectivity index is 2.68. The number of halogens is 1. The number of benzene rings is 1. The highest BCUT2D eigenvalue weighted by atomic mass is 19.1. The molecule has 0 saturated heterocycles. The van der Waals surface area contributed by atoms with Gasteiger partial charge in [-0.2, -0.15) is 0 Å². The first-order chi connectivity index (χ1) is 6.58. The van der Waals surface area contributed by atoms with Crippen LogP contribution in [0.25, 0.3) is 0 Å². The van der Waals surface area contributed by atoms with Crippen LogP contribution in [-0.2, 0) is 6.42 Å². The molecular weight excluding hydrogens is 179 g/mol. The molecule has 2 heteroatoms. The molecule has 0 heterocycles. The molecule has 0 aromatic heterocycles. The zero-order valence-corrected chi connectivity index (χ0v) is 8.96. The van der Waals surface area contributed by atoms with Crippen LogP contribution in [0.2, 0.25) is 0 Å². The summed E-state index contributed by atoms with van der Waals surface area (Å²) in [7, 11) is 0. The smallest absolute Gasteiger partial charge is 0.235 e. The molecule has 0 aliphatic rings. The molecule has 1 rings (SSSR count). The molecule has 0 bridgehead atoms. The third-order valence-corrected chi connectivity index (χ3v) is 1.84. The molecule has 0 aliphatic carbocycles. The Morgan fingerprint density at radius 2 is 2.00 bits per heavy atom. The summed E-state index contributed by atoms with van der Waals surface area (Å²) >= 11 is 0. The van der Waals surface area contributed by atoms with E-state index in [1.807, 2.05) is 18.2 Å². The van der Waals surface area contributed by atoms with E-state index in [-0.39, 0.29) is 0 Å². The van der Waals surface area contributed by atoms with Crippen molar-refractivity contribution in [1.82, 2.24) is 0 Å². The van der Waals surface area contributed by atoms with Gasteiger partial charge in [0.15, 0.2) is 0 Å². The summed E-state index contributed by atoms with van der Waals surface area (Å²) in [6.45, 7) is 5.70. The summed E-state index contributed by atoms with van der Waals surface area (Å²) in [5.41, 5.74) is 1.19. The van der Waals surface area contributed by atoms with Crippen molar-refractivity contribution in [2.24, 2.45) is 5.92 Å². The van der Waals surface area contributed by atoms with Crippen molar-refractivity contribution in [3.63, 3.8) is 0 Å². The predicted molar refractivity (Wildman–Crippen MR) is 56.2 cm³/mol. The van der Waals surface area contributed by atoms with Gasteiger partial charge in [0, 0.05) is 6.92 Å². The van der Waals surface area contributed by atoms with Crippen LogP contribution in [0, 0.1) is 5.92 Å². The fraction of sp³-hybridized carbons (Fsp3) is 0.500. The SMILES string of the molecule is CC(C)Cc1cccc(OC(C)F)c1. The van der Waals surface area contributed by atoms with Crippen molar-refractivity contribution in [2.75, 3.05) is 0 Å². The van der Waals surface area contributed by atoms with Gasteiger partial charge in [0.2, 0.25) is 6.36 Å². The summed E-state index contributed by atoms with van der Waals surface area (Å²) in [6, 6.07) is 7.61. The second-order valence-corrected chi connectivity index (χ2v) is 3.91. The number of rotatable bonds is 4. The first-order valence-electron chi connectivity index (χ1n) is 4.97. The summed E-state index contributed by atoms with van der Waals surface area (Å²) in [5.74, 6) is 1.21. The Kier molecular flexibility index (Phi) is 3.93. The van der Waals surface area contributed by atoms with E-state index in [9.17, 15) is 4.39 Å². The average molecular weight is 196 g/mol. The Hall–Kier alpha value is -1.05. The normalized spacial score (nSPS) is 12.9. The zero-order valence-electron chi connectivity index (χ0n) is 8.96. The molecule has 0 saturated carbocycles. The minimum atomic E-state index is -1.25. The predicted octanol–water partition coefficient (Wildman–Crippen LogP) is 3.58. The Morgan fingerprint density at radius 1 is 1.29 bits per heavy atom. The van der Waals surface area contributed by atoms with Crippen LogP contribution in [0.3, 0.4) is 0 Å². The van der Waals surface area contributed by atoms with Gasteiger partial charge in [-0.05, 0) is 30.0 Å². The van der Waals surface area contributed by atoms with Gasteiger partial charge in [-0.1, -0.05) is 26.0 Å². The summed E-state index contributed by atoms with van der Waals surface area (Å²) in [6.07, 6.45) is -0.248. The van der Waals surface area contributed by atoms with Crippen molar-refractivity contribution in [3.8, 4) is 5.75 Å². The van der Waals surface area contributed by atoms with Gasteiger partial charge in [0.25, 0.3) is 0 Å². The standard InChI is InChI=1S/C12H17FO/c1-9(2)7-11-5-4-6-12(8-11)14-10(3)13/h4-6,8-10H,7H2,1-3H3. The molecule has 1 atom stereocenters. The van der Waals surface area contributed by atoms with Gasteiger partial charge in [-0.15, -0.1) is 0 Å². The average Bonchev–Trinajstić information content (AvgIpc) is 2.01. The second kappa shape index (κ2) is 4.99. The van der Waals surface area contributed by atoms with Crippen LogP contribution in [-0.4, -0.2) is 6.36 Å². The lowest BCUT2D eigenvalue weighted by atomic mass is 10.0. The second-order valence-electron chi connectivity index (χ2n) is 3.91. The summed E-state index contributed by atoms with van der Waals surface area (Å²) in [5, 5.41) is 0. The first kappa shape index (κ1) is 11.0. The first-order valence-corrected chi connectivity index (χ1v) is 4.97. The molecule has 0 spiro atoms. The molecule has 0 amide bonds. The van der Waals surface area contributed by atoms with Crippen molar-refractivity contribution in [1.29, 1.82) is 0 Å². The Labute approximate surface area is 84.9 Å². The van der Waals surface area contributed by atoms with Gasteiger partial charge in [-0.25, -0.2) is 4.39 Å². The maximum Gasteiger partial charge on any atom is 0.235 e. The molecule has 0 radical (unpaired) electrons. The molecule has 14 heavy (non-hydrogen) atoms. The quantitative estimate of drug-likeness (QED) is 0.715. The summed E-state index contributed by atoms with van der Waals surface area (Å²) < 4.78 is 17.5. The molecule has 0 N–H and O–H groups in total. The fourth-order valence-electron chi connectivity index (χ4n) is 1.40. The van der Waals surface area contributed by atoms with Crippen molar-refractivity contribution in [2.45, 2.75) is 33.5 Å². The largest absolute Gasteiger partial charge is 0.461 e. The van der Waals surface area contributed by atoms with Crippen LogP contribution in [0.5, 0.6) is 5.75 Å². The monoisotopic (exact) mass is 196 g/mol. The van der Waals surface area contributed by atoms with Gasteiger partial charge < -0.3 is 4.74 Å². The van der Waals surface area contributed by atoms with Crippen LogP contribution in [0.1, 0.15) is 26.3 Å². The molecule has 0 fully saturated rings. The molecule has 1 aromatic carbocycles. The lowest BCUT2D eigenvalue weighted by Crippen LogP contribution is -2.04. The van der Waals surface area contributed by atoms with E-state index in [0.29, 0.717) is 11.7 Å². The third kappa shape index (κ3) is 3.77. The lowest BCUT2D eigenvalue weighted by Gasteiger charge is -2.09. The molecule has 1 nitrogen and oxygen atoms in total. The van der Waals surface area contributed by atoms with Gasteiger partial charge in [-0.3, -0.25) is 0 Å². The Morgan fingerprint density at radius 3 is 2.57 bits per heavy atom. The lowest BCUT2D eigenvalue weighted by molar-refractivity contribution is 0.0860.